The van der Waals surface area contributed by atoms with Crippen molar-refractivity contribution in [2.75, 3.05) is 0 Å². The lowest BCUT2D eigenvalue weighted by atomic mass is 9.89. The third kappa shape index (κ3) is 1.69. The molecule has 0 radical (unpaired) electrons. The Bertz CT molecular complexity index is 99.3. The zero-order chi connectivity index (χ0) is 7.72. The Kier molecular flexibility index (Phi) is 2.67. The highest BCUT2D eigenvalue weighted by Gasteiger charge is 2.27. The molecular formula is C9H18S. The molecule has 1 heteroatoms. The summed E-state index contributed by atoms with van der Waals surface area (Å²) in [5.41, 5.74) is 0. The Labute approximate surface area is 68.8 Å². The highest BCUT2D eigenvalue weighted by atomic mass is 32.2. The van der Waals surface area contributed by atoms with Gasteiger partial charge in [-0.05, 0) is 18.3 Å². The minimum absolute atomic E-state index is 0.874. The van der Waals surface area contributed by atoms with Crippen molar-refractivity contribution in [3.63, 3.8) is 0 Å². The Morgan fingerprint density at radius 1 is 1.10 bits per heavy atom. The predicted molar refractivity (Wildman–Crippen MR) is 49.5 cm³/mol. The first-order valence-corrected chi connectivity index (χ1v) is 5.21. The topological polar surface area (TPSA) is 0 Å². The van der Waals surface area contributed by atoms with E-state index >= 15 is 0 Å². The fourth-order valence-electron chi connectivity index (χ4n) is 1.75. The lowest BCUT2D eigenvalue weighted by Gasteiger charge is -2.35. The van der Waals surface area contributed by atoms with Crippen LogP contribution in [0.5, 0.6) is 0 Å². The second-order valence-corrected chi connectivity index (χ2v) is 5.54. The molecule has 60 valence electrons. The molecule has 0 N–H and O–H groups in total. The molecule has 1 aliphatic rings. The number of hydrogen-bond donors (Lipinski definition) is 0. The van der Waals surface area contributed by atoms with Crippen LogP contribution in [0.3, 0.4) is 0 Å². The second-order valence-electron chi connectivity index (χ2n) is 3.72. The van der Waals surface area contributed by atoms with E-state index in [2.05, 4.69) is 39.5 Å². The van der Waals surface area contributed by atoms with E-state index in [0.717, 1.165) is 22.3 Å². The first-order valence-electron chi connectivity index (χ1n) is 4.26. The summed E-state index contributed by atoms with van der Waals surface area (Å²) < 4.78 is 0. The van der Waals surface area contributed by atoms with Gasteiger partial charge in [0, 0.05) is 10.5 Å². The van der Waals surface area contributed by atoms with Crippen LogP contribution in [0.2, 0.25) is 0 Å². The van der Waals surface area contributed by atoms with Crippen molar-refractivity contribution in [1.82, 2.24) is 0 Å². The van der Waals surface area contributed by atoms with Crippen LogP contribution in [-0.2, 0) is 0 Å². The zero-order valence-corrected chi connectivity index (χ0v) is 8.24. The molecule has 0 nitrogen and oxygen atoms in total. The first kappa shape index (κ1) is 8.45. The summed E-state index contributed by atoms with van der Waals surface area (Å²) in [5, 5.41) is 1.76. The minimum Gasteiger partial charge on any atom is -0.155 e. The summed E-state index contributed by atoms with van der Waals surface area (Å²) in [4.78, 5) is 0. The standard InChI is InChI=1S/C9H18S/c1-6-5-7(2)10-9(4)8(6)3/h6-9H,5H2,1-4H3. The van der Waals surface area contributed by atoms with Crippen molar-refractivity contribution in [2.45, 2.75) is 44.6 Å². The summed E-state index contributed by atoms with van der Waals surface area (Å²) in [5.74, 6) is 1.85. The molecule has 4 atom stereocenters. The van der Waals surface area contributed by atoms with E-state index in [4.69, 9.17) is 0 Å². The molecule has 0 aromatic rings. The maximum Gasteiger partial charge on any atom is 0.00495 e. The molecule has 0 aliphatic carbocycles. The average molecular weight is 158 g/mol. The van der Waals surface area contributed by atoms with Crippen LogP contribution in [0.25, 0.3) is 0 Å². The maximum absolute atomic E-state index is 2.39. The number of rotatable bonds is 0. The molecule has 1 rings (SSSR count). The average Bonchev–Trinajstić information content (AvgIpc) is 1.82. The molecule has 0 saturated carbocycles. The molecule has 1 saturated heterocycles. The van der Waals surface area contributed by atoms with Crippen LogP contribution in [0, 0.1) is 11.8 Å². The highest BCUT2D eigenvalue weighted by Crippen LogP contribution is 2.38. The summed E-state index contributed by atoms with van der Waals surface area (Å²) in [6.45, 7) is 9.48. The van der Waals surface area contributed by atoms with Crippen molar-refractivity contribution in [1.29, 1.82) is 0 Å². The van der Waals surface area contributed by atoms with Gasteiger partial charge in [0.15, 0.2) is 0 Å². The van der Waals surface area contributed by atoms with Crippen molar-refractivity contribution in [3.05, 3.63) is 0 Å². The van der Waals surface area contributed by atoms with Gasteiger partial charge in [-0.15, -0.1) is 0 Å². The van der Waals surface area contributed by atoms with Crippen molar-refractivity contribution in [2.24, 2.45) is 11.8 Å². The van der Waals surface area contributed by atoms with Crippen LogP contribution in [0.4, 0.5) is 0 Å². The maximum atomic E-state index is 2.39. The minimum atomic E-state index is 0.874. The second kappa shape index (κ2) is 3.17. The Morgan fingerprint density at radius 2 is 1.70 bits per heavy atom. The molecule has 0 aromatic carbocycles. The molecule has 0 aromatic heterocycles. The number of hydrogen-bond acceptors (Lipinski definition) is 1. The predicted octanol–water partition coefficient (Wildman–Crippen LogP) is 3.17. The molecule has 1 aliphatic heterocycles. The highest BCUT2D eigenvalue weighted by molar-refractivity contribution is 8.00. The van der Waals surface area contributed by atoms with Gasteiger partial charge in [0.1, 0.15) is 0 Å². The molecule has 4 unspecified atom stereocenters. The summed E-state index contributed by atoms with van der Waals surface area (Å²) in [6, 6.07) is 0. The Morgan fingerprint density at radius 3 is 2.20 bits per heavy atom. The smallest absolute Gasteiger partial charge is 0.00495 e. The third-order valence-electron chi connectivity index (χ3n) is 2.79. The lowest BCUT2D eigenvalue weighted by molar-refractivity contribution is 0.347. The summed E-state index contributed by atoms with van der Waals surface area (Å²) in [6.07, 6.45) is 1.41. The summed E-state index contributed by atoms with van der Waals surface area (Å²) >= 11 is 2.15. The van der Waals surface area contributed by atoms with E-state index in [1.54, 1.807) is 0 Å². The van der Waals surface area contributed by atoms with Crippen molar-refractivity contribution < 1.29 is 0 Å². The van der Waals surface area contributed by atoms with Gasteiger partial charge >= 0.3 is 0 Å². The molecule has 1 heterocycles. The fraction of sp³-hybridized carbons (Fsp3) is 1.00. The SMILES string of the molecule is CC1CC(C)C(C)C(C)S1. The molecule has 10 heavy (non-hydrogen) atoms. The monoisotopic (exact) mass is 158 g/mol. The van der Waals surface area contributed by atoms with Crippen LogP contribution >= 0.6 is 11.8 Å². The van der Waals surface area contributed by atoms with Gasteiger partial charge in [-0.25, -0.2) is 0 Å². The van der Waals surface area contributed by atoms with Crippen LogP contribution in [-0.4, -0.2) is 10.5 Å². The summed E-state index contributed by atoms with van der Waals surface area (Å²) in [7, 11) is 0. The number of thioether (sulfide) groups is 1. The molecule has 1 fully saturated rings. The van der Waals surface area contributed by atoms with Gasteiger partial charge in [-0.3, -0.25) is 0 Å². The van der Waals surface area contributed by atoms with Gasteiger partial charge in [-0.2, -0.15) is 11.8 Å². The third-order valence-corrected chi connectivity index (χ3v) is 4.30. The Hall–Kier alpha value is 0.350. The van der Waals surface area contributed by atoms with E-state index in [1.165, 1.54) is 6.42 Å². The van der Waals surface area contributed by atoms with E-state index in [0.29, 0.717) is 0 Å². The van der Waals surface area contributed by atoms with Crippen molar-refractivity contribution in [3.8, 4) is 0 Å². The van der Waals surface area contributed by atoms with E-state index in [9.17, 15) is 0 Å². The normalized spacial score (nSPS) is 49.2. The van der Waals surface area contributed by atoms with Crippen LogP contribution in [0.1, 0.15) is 34.1 Å². The zero-order valence-electron chi connectivity index (χ0n) is 7.42. The first-order chi connectivity index (χ1) is 4.61. The van der Waals surface area contributed by atoms with Crippen LogP contribution in [0.15, 0.2) is 0 Å². The molecule has 0 amide bonds. The van der Waals surface area contributed by atoms with Crippen molar-refractivity contribution >= 4 is 11.8 Å². The Balaban J connectivity index is 2.49. The molecule has 0 bridgehead atoms. The van der Waals surface area contributed by atoms with Gasteiger partial charge in [0.05, 0.1) is 0 Å². The quantitative estimate of drug-likeness (QED) is 0.522. The van der Waals surface area contributed by atoms with Gasteiger partial charge < -0.3 is 0 Å². The lowest BCUT2D eigenvalue weighted by Crippen LogP contribution is -2.28. The molecule has 0 spiro atoms. The van der Waals surface area contributed by atoms with Gasteiger partial charge in [0.25, 0.3) is 0 Å². The molecular weight excluding hydrogens is 140 g/mol. The van der Waals surface area contributed by atoms with E-state index in [1.807, 2.05) is 0 Å². The van der Waals surface area contributed by atoms with Gasteiger partial charge in [0.2, 0.25) is 0 Å². The largest absolute Gasteiger partial charge is 0.155 e. The van der Waals surface area contributed by atoms with E-state index in [-0.39, 0.29) is 0 Å². The van der Waals surface area contributed by atoms with E-state index < -0.39 is 0 Å². The fourth-order valence-corrected chi connectivity index (χ4v) is 3.41. The van der Waals surface area contributed by atoms with Gasteiger partial charge in [-0.1, -0.05) is 27.7 Å². The van der Waals surface area contributed by atoms with Crippen LogP contribution < -0.4 is 0 Å².